The highest BCUT2D eigenvalue weighted by molar-refractivity contribution is 5.98. The SMILES string of the molecule is C#CC(C)(C(=O)OCC)C1CCN(C(=O)c2cc3ccccc3[nH]2)CC1. The van der Waals surface area contributed by atoms with E-state index in [0.717, 1.165) is 10.9 Å². The van der Waals surface area contributed by atoms with Gasteiger partial charge in [0.2, 0.25) is 0 Å². The number of ether oxygens (including phenoxy) is 1. The van der Waals surface area contributed by atoms with E-state index in [2.05, 4.69) is 10.9 Å². The maximum atomic E-state index is 12.8. The van der Waals surface area contributed by atoms with Crippen molar-refractivity contribution >= 4 is 22.8 Å². The Hall–Kier alpha value is -2.74. The molecule has 0 radical (unpaired) electrons. The van der Waals surface area contributed by atoms with Crippen molar-refractivity contribution in [2.75, 3.05) is 19.7 Å². The lowest BCUT2D eigenvalue weighted by molar-refractivity contribution is -0.154. The Bertz CT molecular complexity index is 823. The maximum Gasteiger partial charge on any atom is 0.324 e. The summed E-state index contributed by atoms with van der Waals surface area (Å²) in [5.74, 6) is 2.29. The van der Waals surface area contributed by atoms with E-state index < -0.39 is 5.41 Å². The third-order valence-electron chi connectivity index (χ3n) is 5.36. The van der Waals surface area contributed by atoms with Gasteiger partial charge in [0, 0.05) is 24.0 Å². The number of likely N-dealkylation sites (tertiary alicyclic amines) is 1. The van der Waals surface area contributed by atoms with Crippen molar-refractivity contribution in [1.82, 2.24) is 9.88 Å². The molecule has 2 heterocycles. The van der Waals surface area contributed by atoms with Crippen LogP contribution in [0.25, 0.3) is 10.9 Å². The number of rotatable bonds is 4. The Balaban J connectivity index is 1.68. The molecule has 1 atom stereocenters. The minimum atomic E-state index is -0.938. The van der Waals surface area contributed by atoms with E-state index in [9.17, 15) is 9.59 Å². The first-order chi connectivity index (χ1) is 12.5. The van der Waals surface area contributed by atoms with E-state index in [-0.39, 0.29) is 17.8 Å². The smallest absolute Gasteiger partial charge is 0.324 e. The Labute approximate surface area is 153 Å². The summed E-state index contributed by atoms with van der Waals surface area (Å²) in [6.45, 7) is 5.01. The van der Waals surface area contributed by atoms with Gasteiger partial charge in [-0.1, -0.05) is 24.1 Å². The zero-order chi connectivity index (χ0) is 18.7. The molecule has 0 saturated carbocycles. The second kappa shape index (κ2) is 7.25. The molecule has 1 amide bonds. The van der Waals surface area contributed by atoms with Gasteiger partial charge >= 0.3 is 5.97 Å². The number of hydrogen-bond acceptors (Lipinski definition) is 3. The fraction of sp³-hybridized carbons (Fsp3) is 0.429. The number of nitrogens with zero attached hydrogens (tertiary/aromatic N) is 1. The number of aromatic amines is 1. The molecule has 136 valence electrons. The lowest BCUT2D eigenvalue weighted by atomic mass is 9.72. The van der Waals surface area contributed by atoms with Crippen LogP contribution in [-0.2, 0) is 9.53 Å². The van der Waals surface area contributed by atoms with Gasteiger partial charge in [0.05, 0.1) is 6.61 Å². The highest BCUT2D eigenvalue weighted by Crippen LogP contribution is 2.36. The Morgan fingerprint density at radius 3 is 2.65 bits per heavy atom. The third kappa shape index (κ3) is 3.20. The fourth-order valence-electron chi connectivity index (χ4n) is 3.64. The fourth-order valence-corrected chi connectivity index (χ4v) is 3.64. The van der Waals surface area contributed by atoms with E-state index in [4.69, 9.17) is 11.2 Å². The number of terminal acetylenes is 1. The van der Waals surface area contributed by atoms with Crippen LogP contribution in [0, 0.1) is 23.7 Å². The minimum Gasteiger partial charge on any atom is -0.465 e. The van der Waals surface area contributed by atoms with Gasteiger partial charge in [-0.15, -0.1) is 6.42 Å². The molecule has 1 aliphatic heterocycles. The summed E-state index contributed by atoms with van der Waals surface area (Å²) in [5, 5.41) is 1.02. The van der Waals surface area contributed by atoms with E-state index in [1.807, 2.05) is 35.2 Å². The van der Waals surface area contributed by atoms with Crippen LogP contribution >= 0.6 is 0 Å². The van der Waals surface area contributed by atoms with E-state index in [0.29, 0.717) is 38.2 Å². The molecule has 1 fully saturated rings. The largest absolute Gasteiger partial charge is 0.465 e. The summed E-state index contributed by atoms with van der Waals surface area (Å²) < 4.78 is 5.16. The standard InChI is InChI=1S/C21H24N2O3/c1-4-21(3,20(25)26-5-2)16-10-12-23(13-11-16)19(24)18-14-15-8-6-7-9-17(15)22-18/h1,6-9,14,16,22H,5,10-13H2,2-3H3. The van der Waals surface area contributed by atoms with Crippen molar-refractivity contribution in [2.24, 2.45) is 11.3 Å². The van der Waals surface area contributed by atoms with Crippen LogP contribution in [0.3, 0.4) is 0 Å². The van der Waals surface area contributed by atoms with Crippen LogP contribution in [0.4, 0.5) is 0 Å². The van der Waals surface area contributed by atoms with Gasteiger partial charge in [-0.3, -0.25) is 9.59 Å². The number of fused-ring (bicyclic) bond motifs is 1. The van der Waals surface area contributed by atoms with Crippen LogP contribution in [0.2, 0.25) is 0 Å². The van der Waals surface area contributed by atoms with E-state index in [1.165, 1.54) is 0 Å². The number of benzene rings is 1. The summed E-state index contributed by atoms with van der Waals surface area (Å²) in [6.07, 6.45) is 7.03. The Kier molecular flexibility index (Phi) is 5.03. The molecule has 0 aliphatic carbocycles. The summed E-state index contributed by atoms with van der Waals surface area (Å²) in [5.41, 5.74) is 0.606. The molecular formula is C21H24N2O3. The summed E-state index contributed by atoms with van der Waals surface area (Å²) in [7, 11) is 0. The molecule has 1 aromatic carbocycles. The highest BCUT2D eigenvalue weighted by atomic mass is 16.5. The Morgan fingerprint density at radius 2 is 2.04 bits per heavy atom. The molecular weight excluding hydrogens is 328 g/mol. The van der Waals surface area contributed by atoms with Crippen molar-refractivity contribution in [3.63, 3.8) is 0 Å². The molecule has 0 spiro atoms. The van der Waals surface area contributed by atoms with Gasteiger partial charge < -0.3 is 14.6 Å². The average molecular weight is 352 g/mol. The molecule has 1 aliphatic rings. The monoisotopic (exact) mass is 352 g/mol. The molecule has 1 saturated heterocycles. The number of amides is 1. The molecule has 1 aromatic heterocycles. The number of nitrogens with one attached hydrogen (secondary N) is 1. The minimum absolute atomic E-state index is 0.0123. The van der Waals surface area contributed by atoms with Gasteiger partial charge in [0.1, 0.15) is 11.1 Å². The summed E-state index contributed by atoms with van der Waals surface area (Å²) in [6, 6.07) is 9.71. The molecule has 5 nitrogen and oxygen atoms in total. The van der Waals surface area contributed by atoms with Gasteiger partial charge in [-0.05, 0) is 44.7 Å². The first kappa shape index (κ1) is 18.1. The summed E-state index contributed by atoms with van der Waals surface area (Å²) in [4.78, 5) is 30.1. The zero-order valence-electron chi connectivity index (χ0n) is 15.2. The number of aromatic nitrogens is 1. The third-order valence-corrected chi connectivity index (χ3v) is 5.36. The van der Waals surface area contributed by atoms with Crippen LogP contribution in [0.5, 0.6) is 0 Å². The number of hydrogen-bond donors (Lipinski definition) is 1. The molecule has 0 bridgehead atoms. The van der Waals surface area contributed by atoms with Gasteiger partial charge in [-0.2, -0.15) is 0 Å². The quantitative estimate of drug-likeness (QED) is 0.679. The lowest BCUT2D eigenvalue weighted by Gasteiger charge is -2.38. The van der Waals surface area contributed by atoms with Crippen molar-refractivity contribution in [3.8, 4) is 12.3 Å². The molecule has 1 N–H and O–H groups in total. The number of para-hydroxylation sites is 1. The maximum absolute atomic E-state index is 12.8. The summed E-state index contributed by atoms with van der Waals surface area (Å²) >= 11 is 0. The van der Waals surface area contributed by atoms with Crippen LogP contribution < -0.4 is 0 Å². The van der Waals surface area contributed by atoms with Crippen molar-refractivity contribution in [1.29, 1.82) is 0 Å². The van der Waals surface area contributed by atoms with Gasteiger partial charge in [0.25, 0.3) is 5.91 Å². The van der Waals surface area contributed by atoms with Gasteiger partial charge in [-0.25, -0.2) is 0 Å². The topological polar surface area (TPSA) is 62.4 Å². The van der Waals surface area contributed by atoms with Crippen molar-refractivity contribution in [2.45, 2.75) is 26.7 Å². The van der Waals surface area contributed by atoms with Gasteiger partial charge in [0.15, 0.2) is 0 Å². The Morgan fingerprint density at radius 1 is 1.35 bits per heavy atom. The predicted octanol–water partition coefficient (Wildman–Crippen LogP) is 3.22. The highest BCUT2D eigenvalue weighted by Gasteiger charge is 2.43. The van der Waals surface area contributed by atoms with E-state index >= 15 is 0 Å². The number of H-pyrrole nitrogens is 1. The number of piperidine rings is 1. The number of carbonyl (C=O) groups is 2. The predicted molar refractivity (Wildman–Crippen MR) is 100 cm³/mol. The lowest BCUT2D eigenvalue weighted by Crippen LogP contribution is -2.45. The molecule has 1 unspecified atom stereocenters. The first-order valence-corrected chi connectivity index (χ1v) is 9.01. The van der Waals surface area contributed by atoms with Crippen molar-refractivity contribution in [3.05, 3.63) is 36.0 Å². The molecule has 26 heavy (non-hydrogen) atoms. The van der Waals surface area contributed by atoms with Crippen LogP contribution in [-0.4, -0.2) is 41.5 Å². The first-order valence-electron chi connectivity index (χ1n) is 9.01. The second-order valence-corrected chi connectivity index (χ2v) is 6.90. The van der Waals surface area contributed by atoms with Crippen LogP contribution in [0.15, 0.2) is 30.3 Å². The van der Waals surface area contributed by atoms with Crippen LogP contribution in [0.1, 0.15) is 37.2 Å². The average Bonchev–Trinajstić information content (AvgIpc) is 3.11. The normalized spacial score (nSPS) is 17.5. The molecule has 2 aromatic rings. The molecule has 5 heteroatoms. The second-order valence-electron chi connectivity index (χ2n) is 6.90. The number of esters is 1. The molecule has 3 rings (SSSR count). The van der Waals surface area contributed by atoms with E-state index in [1.54, 1.807) is 13.8 Å². The van der Waals surface area contributed by atoms with Crippen molar-refractivity contribution < 1.29 is 14.3 Å². The number of carbonyl (C=O) groups excluding carboxylic acids is 2. The zero-order valence-corrected chi connectivity index (χ0v) is 15.2.